The van der Waals surface area contributed by atoms with Gasteiger partial charge in [0.1, 0.15) is 6.61 Å². The highest BCUT2D eigenvalue weighted by Gasteiger charge is 2.26. The summed E-state index contributed by atoms with van der Waals surface area (Å²) in [4.78, 5) is 21.3. The number of pyridine rings is 1. The van der Waals surface area contributed by atoms with Crippen molar-refractivity contribution in [2.24, 2.45) is 5.92 Å². The number of aromatic nitrogens is 1. The van der Waals surface area contributed by atoms with Gasteiger partial charge >= 0.3 is 0 Å². The molecule has 4 rings (SSSR count). The van der Waals surface area contributed by atoms with Crippen molar-refractivity contribution in [3.05, 3.63) is 54.4 Å². The van der Waals surface area contributed by atoms with E-state index < -0.39 is 0 Å². The minimum Gasteiger partial charge on any atom is -0.486 e. The van der Waals surface area contributed by atoms with Gasteiger partial charge in [0, 0.05) is 26.2 Å². The molecule has 3 heterocycles. The molecule has 0 spiro atoms. The lowest BCUT2D eigenvalue weighted by atomic mass is 9.93. The summed E-state index contributed by atoms with van der Waals surface area (Å²) in [5.41, 5.74) is 1.11. The third-order valence-electron chi connectivity index (χ3n) is 5.75. The number of hydrogen-bond donors (Lipinski definition) is 0. The van der Waals surface area contributed by atoms with Gasteiger partial charge in [-0.2, -0.15) is 0 Å². The monoisotopic (exact) mass is 395 g/mol. The molecule has 2 aliphatic heterocycles. The molecule has 6 nitrogen and oxygen atoms in total. The predicted molar refractivity (Wildman–Crippen MR) is 111 cm³/mol. The van der Waals surface area contributed by atoms with Crippen LogP contribution in [0.25, 0.3) is 0 Å². The van der Waals surface area contributed by atoms with Crippen LogP contribution in [-0.4, -0.2) is 60.1 Å². The molecule has 0 N–H and O–H groups in total. The maximum atomic E-state index is 12.7. The zero-order valence-corrected chi connectivity index (χ0v) is 17.0. The molecule has 1 saturated heterocycles. The molecule has 2 aromatic rings. The first-order chi connectivity index (χ1) is 14.2. The lowest BCUT2D eigenvalue weighted by Crippen LogP contribution is -2.42. The van der Waals surface area contributed by atoms with Crippen LogP contribution in [0.1, 0.15) is 25.0 Å². The number of likely N-dealkylation sites (tertiary alicyclic amines) is 1. The summed E-state index contributed by atoms with van der Waals surface area (Å²) in [6, 6.07) is 13.7. The molecule has 0 radical (unpaired) electrons. The summed E-state index contributed by atoms with van der Waals surface area (Å²) in [5.74, 6) is 2.17. The maximum absolute atomic E-state index is 12.7. The zero-order valence-electron chi connectivity index (χ0n) is 17.0. The van der Waals surface area contributed by atoms with E-state index in [-0.39, 0.29) is 12.0 Å². The number of fused-ring (bicyclic) bond motifs is 1. The van der Waals surface area contributed by atoms with E-state index in [1.54, 1.807) is 4.90 Å². The maximum Gasteiger partial charge on any atom is 0.222 e. The lowest BCUT2D eigenvalue weighted by Gasteiger charge is -2.33. The van der Waals surface area contributed by atoms with Gasteiger partial charge in [-0.05, 0) is 56.1 Å². The molecule has 0 unspecified atom stereocenters. The van der Waals surface area contributed by atoms with E-state index in [0.29, 0.717) is 25.5 Å². The van der Waals surface area contributed by atoms with Crippen molar-refractivity contribution in [1.82, 2.24) is 14.8 Å². The minimum absolute atomic E-state index is 0.126. The van der Waals surface area contributed by atoms with E-state index in [2.05, 4.69) is 16.0 Å². The first kappa shape index (κ1) is 19.7. The van der Waals surface area contributed by atoms with E-state index in [1.807, 2.05) is 49.6 Å². The quantitative estimate of drug-likeness (QED) is 0.753. The number of amides is 1. The van der Waals surface area contributed by atoms with Crippen LogP contribution in [0.2, 0.25) is 0 Å². The van der Waals surface area contributed by atoms with Crippen LogP contribution in [0, 0.1) is 5.92 Å². The van der Waals surface area contributed by atoms with Gasteiger partial charge in [0.2, 0.25) is 5.91 Å². The van der Waals surface area contributed by atoms with Crippen molar-refractivity contribution in [3.8, 4) is 11.5 Å². The van der Waals surface area contributed by atoms with Crippen LogP contribution in [0.4, 0.5) is 0 Å². The number of nitrogens with zero attached hydrogens (tertiary/aromatic N) is 3. The Balaban J connectivity index is 1.20. The molecule has 0 bridgehead atoms. The number of carbonyl (C=O) groups excluding carboxylic acids is 1. The summed E-state index contributed by atoms with van der Waals surface area (Å²) in [6.07, 6.45) is 4.44. The van der Waals surface area contributed by atoms with Crippen LogP contribution in [0.15, 0.2) is 48.7 Å². The smallest absolute Gasteiger partial charge is 0.222 e. The molecule has 6 heteroatoms. The number of carbonyl (C=O) groups is 1. The Bertz CT molecular complexity index is 806. The Kier molecular flexibility index (Phi) is 6.30. The third kappa shape index (κ3) is 5.26. The zero-order chi connectivity index (χ0) is 20.1. The van der Waals surface area contributed by atoms with E-state index in [1.165, 1.54) is 0 Å². The van der Waals surface area contributed by atoms with Gasteiger partial charge in [-0.3, -0.25) is 14.7 Å². The second-order valence-electron chi connectivity index (χ2n) is 8.02. The van der Waals surface area contributed by atoms with Gasteiger partial charge in [0.05, 0.1) is 12.2 Å². The second kappa shape index (κ2) is 9.27. The second-order valence-corrected chi connectivity index (χ2v) is 8.02. The van der Waals surface area contributed by atoms with Gasteiger partial charge in [-0.15, -0.1) is 0 Å². The van der Waals surface area contributed by atoms with Crippen molar-refractivity contribution in [2.45, 2.75) is 31.9 Å². The minimum atomic E-state index is -0.126. The van der Waals surface area contributed by atoms with Crippen LogP contribution in [0.3, 0.4) is 0 Å². The van der Waals surface area contributed by atoms with E-state index in [0.717, 1.165) is 49.7 Å². The molecule has 154 valence electrons. The molecule has 1 aromatic heterocycles. The Labute approximate surface area is 172 Å². The van der Waals surface area contributed by atoms with Crippen LogP contribution in [0.5, 0.6) is 11.5 Å². The molecule has 1 amide bonds. The molecular weight excluding hydrogens is 366 g/mol. The molecule has 1 fully saturated rings. The average Bonchev–Trinajstić information content (AvgIpc) is 2.76. The van der Waals surface area contributed by atoms with Crippen LogP contribution in [-0.2, 0) is 11.3 Å². The Morgan fingerprint density at radius 2 is 1.90 bits per heavy atom. The number of piperidine rings is 1. The molecule has 0 aliphatic carbocycles. The largest absolute Gasteiger partial charge is 0.486 e. The van der Waals surface area contributed by atoms with Crippen molar-refractivity contribution in [1.29, 1.82) is 0 Å². The van der Waals surface area contributed by atoms with Gasteiger partial charge in [0.25, 0.3) is 0 Å². The first-order valence-electron chi connectivity index (χ1n) is 10.4. The Hall–Kier alpha value is -2.60. The normalized spacial score (nSPS) is 19.7. The number of rotatable bonds is 6. The van der Waals surface area contributed by atoms with E-state index >= 15 is 0 Å². The summed E-state index contributed by atoms with van der Waals surface area (Å²) in [7, 11) is 1.86. The van der Waals surface area contributed by atoms with E-state index in [9.17, 15) is 4.79 Å². The highest BCUT2D eigenvalue weighted by molar-refractivity contribution is 5.76. The average molecular weight is 396 g/mol. The standard InChI is InChI=1S/C23H29N3O3/c1-25(16-20-17-28-21-7-2-3-8-22(21)29-20)23(27)14-18-9-12-26(13-10-18)15-19-6-4-5-11-24-19/h2-8,11,18,20H,9-10,12-17H2,1H3/t20-/m1/s1. The lowest BCUT2D eigenvalue weighted by molar-refractivity contribution is -0.132. The Morgan fingerprint density at radius 1 is 1.14 bits per heavy atom. The van der Waals surface area contributed by atoms with Crippen molar-refractivity contribution >= 4 is 5.91 Å². The fraction of sp³-hybridized carbons (Fsp3) is 0.478. The SMILES string of the molecule is CN(C[C@@H]1COc2ccccc2O1)C(=O)CC1CCN(Cc2ccccn2)CC1. The number of hydrogen-bond acceptors (Lipinski definition) is 5. The van der Waals surface area contributed by atoms with Gasteiger partial charge in [-0.1, -0.05) is 18.2 Å². The predicted octanol–water partition coefficient (Wildman–Crippen LogP) is 2.98. The molecule has 1 aromatic carbocycles. The fourth-order valence-corrected chi connectivity index (χ4v) is 4.03. The fourth-order valence-electron chi connectivity index (χ4n) is 4.03. The first-order valence-corrected chi connectivity index (χ1v) is 10.4. The molecule has 1 atom stereocenters. The van der Waals surface area contributed by atoms with Crippen molar-refractivity contribution in [3.63, 3.8) is 0 Å². The Morgan fingerprint density at radius 3 is 2.66 bits per heavy atom. The van der Waals surface area contributed by atoms with Crippen LogP contribution >= 0.6 is 0 Å². The highest BCUT2D eigenvalue weighted by atomic mass is 16.6. The highest BCUT2D eigenvalue weighted by Crippen LogP contribution is 2.31. The summed E-state index contributed by atoms with van der Waals surface area (Å²) in [5, 5.41) is 0. The summed E-state index contributed by atoms with van der Waals surface area (Å²) < 4.78 is 11.7. The molecule has 29 heavy (non-hydrogen) atoms. The van der Waals surface area contributed by atoms with Gasteiger partial charge in [0.15, 0.2) is 17.6 Å². The molecule has 0 saturated carbocycles. The summed E-state index contributed by atoms with van der Waals surface area (Å²) in [6.45, 7) is 3.96. The van der Waals surface area contributed by atoms with Gasteiger partial charge < -0.3 is 14.4 Å². The number of ether oxygens (including phenoxy) is 2. The van der Waals surface area contributed by atoms with Crippen molar-refractivity contribution < 1.29 is 14.3 Å². The summed E-state index contributed by atoms with van der Waals surface area (Å²) >= 11 is 0. The number of likely N-dealkylation sites (N-methyl/N-ethyl adjacent to an activating group) is 1. The van der Waals surface area contributed by atoms with Gasteiger partial charge in [-0.25, -0.2) is 0 Å². The topological polar surface area (TPSA) is 54.9 Å². The van der Waals surface area contributed by atoms with E-state index in [4.69, 9.17) is 9.47 Å². The third-order valence-corrected chi connectivity index (χ3v) is 5.75. The molecule has 2 aliphatic rings. The van der Waals surface area contributed by atoms with Crippen molar-refractivity contribution in [2.75, 3.05) is 33.3 Å². The number of para-hydroxylation sites is 2. The van der Waals surface area contributed by atoms with Crippen LogP contribution < -0.4 is 9.47 Å². The number of benzene rings is 1. The molecular formula is C23H29N3O3.